The topological polar surface area (TPSA) is 41.8 Å². The van der Waals surface area contributed by atoms with Gasteiger partial charge in [-0.2, -0.15) is 0 Å². The second kappa shape index (κ2) is 6.95. The lowest BCUT2D eigenvalue weighted by molar-refractivity contribution is 0.106. The number of methoxy groups -OCH3 is 1. The number of aliphatic hydroxyl groups is 1. The zero-order valence-electron chi connectivity index (χ0n) is 13.0. The molecule has 0 aliphatic heterocycles. The Morgan fingerprint density at radius 2 is 1.86 bits per heavy atom. The van der Waals surface area contributed by atoms with Gasteiger partial charge in [0.15, 0.2) is 0 Å². The average molecular weight is 318 g/mol. The minimum absolute atomic E-state index is 0.661. The first-order chi connectivity index (χ1) is 10.4. The van der Waals surface area contributed by atoms with E-state index in [1.54, 1.807) is 13.3 Å². The second-order valence-corrected chi connectivity index (χ2v) is 6.08. The summed E-state index contributed by atoms with van der Waals surface area (Å²) in [5.74, 6) is 0.717. The molecular weight excluding hydrogens is 298 g/mol. The Morgan fingerprint density at radius 3 is 2.50 bits per heavy atom. The van der Waals surface area contributed by atoms with E-state index in [0.717, 1.165) is 11.1 Å². The van der Waals surface area contributed by atoms with Gasteiger partial charge in [-0.1, -0.05) is 35.9 Å². The maximum atomic E-state index is 10.6. The summed E-state index contributed by atoms with van der Waals surface area (Å²) in [6.45, 7) is 3.78. The summed E-state index contributed by atoms with van der Waals surface area (Å²) < 4.78 is 5.20. The molecule has 0 heterocycles. The highest BCUT2D eigenvalue weighted by Crippen LogP contribution is 2.30. The van der Waals surface area contributed by atoms with Crippen LogP contribution in [0.25, 0.3) is 0 Å². The van der Waals surface area contributed by atoms with E-state index in [1.807, 2.05) is 62.4 Å². The van der Waals surface area contributed by atoms with E-state index in [9.17, 15) is 5.11 Å². The molecule has 3 nitrogen and oxygen atoms in total. The van der Waals surface area contributed by atoms with Gasteiger partial charge in [0, 0.05) is 11.2 Å². The number of ether oxygens (including phenoxy) is 1. The van der Waals surface area contributed by atoms with Gasteiger partial charge >= 0.3 is 0 Å². The average Bonchev–Trinajstić information content (AvgIpc) is 2.53. The molecule has 0 radical (unpaired) electrons. The van der Waals surface area contributed by atoms with E-state index in [4.69, 9.17) is 16.3 Å². The molecule has 0 spiro atoms. The van der Waals surface area contributed by atoms with Crippen LogP contribution in [0.4, 0.5) is 0 Å². The molecule has 0 amide bonds. The van der Waals surface area contributed by atoms with Gasteiger partial charge in [-0.05, 0) is 49.2 Å². The SMILES string of the molecule is COc1cccc(C(O)C(C)(C)N=Cc2ccc(Cl)cc2)c1. The Hall–Kier alpha value is -1.84. The number of hydrogen-bond acceptors (Lipinski definition) is 3. The predicted molar refractivity (Wildman–Crippen MR) is 91.1 cm³/mol. The van der Waals surface area contributed by atoms with Crippen LogP contribution >= 0.6 is 11.6 Å². The Bertz CT molecular complexity index is 650. The van der Waals surface area contributed by atoms with Crippen LogP contribution in [0.2, 0.25) is 5.02 Å². The summed E-state index contributed by atoms with van der Waals surface area (Å²) >= 11 is 5.86. The van der Waals surface area contributed by atoms with E-state index in [-0.39, 0.29) is 0 Å². The Kier molecular flexibility index (Phi) is 5.22. The molecule has 0 saturated heterocycles. The molecule has 0 fully saturated rings. The predicted octanol–water partition coefficient (Wildman–Crippen LogP) is 4.28. The second-order valence-electron chi connectivity index (χ2n) is 5.64. The van der Waals surface area contributed by atoms with Crippen molar-refractivity contribution in [1.82, 2.24) is 0 Å². The van der Waals surface area contributed by atoms with Crippen LogP contribution in [-0.4, -0.2) is 24.0 Å². The van der Waals surface area contributed by atoms with Gasteiger partial charge in [-0.3, -0.25) is 4.99 Å². The Labute approximate surface area is 136 Å². The van der Waals surface area contributed by atoms with Crippen molar-refractivity contribution in [2.75, 3.05) is 7.11 Å². The summed E-state index contributed by atoms with van der Waals surface area (Å²) in [7, 11) is 1.61. The van der Waals surface area contributed by atoms with Gasteiger partial charge in [0.1, 0.15) is 11.9 Å². The fraction of sp³-hybridized carbons (Fsp3) is 0.278. The summed E-state index contributed by atoms with van der Waals surface area (Å²) in [4.78, 5) is 4.53. The molecule has 0 aromatic heterocycles. The Balaban J connectivity index is 2.19. The molecular formula is C18H20ClNO2. The number of aliphatic hydroxyl groups excluding tert-OH is 1. The van der Waals surface area contributed by atoms with Crippen LogP contribution in [0.1, 0.15) is 31.1 Å². The lowest BCUT2D eigenvalue weighted by Gasteiger charge is -2.27. The van der Waals surface area contributed by atoms with E-state index >= 15 is 0 Å². The van der Waals surface area contributed by atoms with Crippen LogP contribution in [0, 0.1) is 0 Å². The fourth-order valence-corrected chi connectivity index (χ4v) is 2.21. The van der Waals surface area contributed by atoms with Crippen LogP contribution in [0.15, 0.2) is 53.5 Å². The van der Waals surface area contributed by atoms with Gasteiger partial charge in [-0.25, -0.2) is 0 Å². The molecule has 22 heavy (non-hydrogen) atoms. The maximum absolute atomic E-state index is 10.6. The highest BCUT2D eigenvalue weighted by Gasteiger charge is 2.28. The molecule has 0 aliphatic carbocycles. The van der Waals surface area contributed by atoms with E-state index in [0.29, 0.717) is 10.8 Å². The molecule has 2 aromatic rings. The van der Waals surface area contributed by atoms with Crippen LogP contribution in [0.5, 0.6) is 5.75 Å². The lowest BCUT2D eigenvalue weighted by atomic mass is 9.92. The van der Waals surface area contributed by atoms with Crippen molar-refractivity contribution in [2.45, 2.75) is 25.5 Å². The van der Waals surface area contributed by atoms with Crippen molar-refractivity contribution in [3.63, 3.8) is 0 Å². The van der Waals surface area contributed by atoms with Crippen molar-refractivity contribution >= 4 is 17.8 Å². The number of halogens is 1. The first kappa shape index (κ1) is 16.5. The maximum Gasteiger partial charge on any atom is 0.119 e. The number of rotatable bonds is 5. The number of hydrogen-bond donors (Lipinski definition) is 1. The first-order valence-corrected chi connectivity index (χ1v) is 7.43. The molecule has 1 atom stereocenters. The summed E-state index contributed by atoms with van der Waals surface area (Å²) in [5, 5.41) is 11.3. The van der Waals surface area contributed by atoms with Crippen molar-refractivity contribution in [2.24, 2.45) is 4.99 Å². The summed E-state index contributed by atoms with van der Waals surface area (Å²) in [6.07, 6.45) is 1.02. The fourth-order valence-electron chi connectivity index (χ4n) is 2.08. The summed E-state index contributed by atoms with van der Waals surface area (Å²) in [5.41, 5.74) is 1.05. The Morgan fingerprint density at radius 1 is 1.18 bits per heavy atom. The van der Waals surface area contributed by atoms with Gasteiger partial charge in [0.05, 0.1) is 12.6 Å². The molecule has 4 heteroatoms. The number of benzene rings is 2. The quantitative estimate of drug-likeness (QED) is 0.836. The van der Waals surface area contributed by atoms with Gasteiger partial charge in [0.2, 0.25) is 0 Å². The normalized spacial score (nSPS) is 13.3. The molecule has 0 saturated carbocycles. The lowest BCUT2D eigenvalue weighted by Crippen LogP contribution is -2.27. The van der Waals surface area contributed by atoms with Gasteiger partial charge in [-0.15, -0.1) is 0 Å². The van der Waals surface area contributed by atoms with Crippen LogP contribution in [0.3, 0.4) is 0 Å². The minimum Gasteiger partial charge on any atom is -0.497 e. The highest BCUT2D eigenvalue weighted by atomic mass is 35.5. The largest absolute Gasteiger partial charge is 0.497 e. The third-order valence-corrected chi connectivity index (χ3v) is 3.75. The number of nitrogens with zero attached hydrogens (tertiary/aromatic N) is 1. The van der Waals surface area contributed by atoms with E-state index in [2.05, 4.69) is 4.99 Å². The van der Waals surface area contributed by atoms with E-state index in [1.165, 1.54) is 0 Å². The van der Waals surface area contributed by atoms with Gasteiger partial charge in [0.25, 0.3) is 0 Å². The molecule has 1 unspecified atom stereocenters. The van der Waals surface area contributed by atoms with Crippen molar-refractivity contribution in [3.8, 4) is 5.75 Å². The van der Waals surface area contributed by atoms with Crippen molar-refractivity contribution in [1.29, 1.82) is 0 Å². The first-order valence-electron chi connectivity index (χ1n) is 7.05. The minimum atomic E-state index is -0.730. The molecule has 0 aliphatic rings. The van der Waals surface area contributed by atoms with Crippen molar-refractivity contribution < 1.29 is 9.84 Å². The van der Waals surface area contributed by atoms with E-state index < -0.39 is 11.6 Å². The molecule has 116 valence electrons. The smallest absolute Gasteiger partial charge is 0.119 e. The molecule has 0 bridgehead atoms. The zero-order valence-corrected chi connectivity index (χ0v) is 13.7. The number of aliphatic imine (C=N–C) groups is 1. The zero-order chi connectivity index (χ0) is 16.2. The highest BCUT2D eigenvalue weighted by molar-refractivity contribution is 6.30. The molecule has 2 aromatic carbocycles. The molecule has 2 rings (SSSR count). The van der Waals surface area contributed by atoms with Crippen LogP contribution in [-0.2, 0) is 0 Å². The monoisotopic (exact) mass is 317 g/mol. The third-order valence-electron chi connectivity index (χ3n) is 3.50. The van der Waals surface area contributed by atoms with Crippen LogP contribution < -0.4 is 4.74 Å². The third kappa shape index (κ3) is 4.09. The van der Waals surface area contributed by atoms with Crippen molar-refractivity contribution in [3.05, 3.63) is 64.7 Å². The standard InChI is InChI=1S/C18H20ClNO2/c1-18(2,20-12-13-7-9-15(19)10-8-13)17(21)14-5-4-6-16(11-14)22-3/h4-12,17,21H,1-3H3. The van der Waals surface area contributed by atoms with Gasteiger partial charge < -0.3 is 9.84 Å². The molecule has 1 N–H and O–H groups in total. The summed E-state index contributed by atoms with van der Waals surface area (Å²) in [6, 6.07) is 14.8.